The van der Waals surface area contributed by atoms with Crippen LogP contribution >= 0.6 is 0 Å². The Morgan fingerprint density at radius 1 is 1.04 bits per heavy atom. The number of rotatable bonds is 6. The van der Waals surface area contributed by atoms with E-state index in [1.807, 2.05) is 39.0 Å². The fourth-order valence-electron chi connectivity index (χ4n) is 2.54. The van der Waals surface area contributed by atoms with Crippen molar-refractivity contribution in [1.29, 1.82) is 0 Å². The zero-order valence-corrected chi connectivity index (χ0v) is 16.0. The maximum atomic E-state index is 12.1. The first kappa shape index (κ1) is 20.2. The van der Waals surface area contributed by atoms with Crippen molar-refractivity contribution in [1.82, 2.24) is 5.32 Å². The van der Waals surface area contributed by atoms with Crippen LogP contribution in [0.3, 0.4) is 0 Å². The summed E-state index contributed by atoms with van der Waals surface area (Å²) < 4.78 is 5.07. The predicted octanol–water partition coefficient (Wildman–Crippen LogP) is 3.30. The maximum absolute atomic E-state index is 12.1. The van der Waals surface area contributed by atoms with Gasteiger partial charge in [-0.25, -0.2) is 4.79 Å². The molecule has 27 heavy (non-hydrogen) atoms. The minimum atomic E-state index is -0.629. The lowest BCUT2D eigenvalue weighted by atomic mass is 10.0. The van der Waals surface area contributed by atoms with E-state index in [9.17, 15) is 14.4 Å². The van der Waals surface area contributed by atoms with Gasteiger partial charge < -0.3 is 15.4 Å². The molecule has 0 saturated carbocycles. The lowest BCUT2D eigenvalue weighted by Crippen LogP contribution is -2.31. The van der Waals surface area contributed by atoms with Gasteiger partial charge in [-0.05, 0) is 55.7 Å². The predicted molar refractivity (Wildman–Crippen MR) is 104 cm³/mol. The Kier molecular flexibility index (Phi) is 6.71. The quantitative estimate of drug-likeness (QED) is 0.766. The topological polar surface area (TPSA) is 84.5 Å². The van der Waals surface area contributed by atoms with Crippen LogP contribution in [0.25, 0.3) is 0 Å². The molecule has 0 saturated heterocycles. The van der Waals surface area contributed by atoms with E-state index in [1.165, 1.54) is 18.6 Å². The molecule has 0 radical (unpaired) electrons. The van der Waals surface area contributed by atoms with Gasteiger partial charge in [0.05, 0.1) is 11.6 Å². The second-order valence-electron chi connectivity index (χ2n) is 6.47. The van der Waals surface area contributed by atoms with Crippen LogP contribution in [-0.4, -0.2) is 24.4 Å². The molecule has 0 aliphatic heterocycles. The van der Waals surface area contributed by atoms with Gasteiger partial charge >= 0.3 is 5.97 Å². The molecular formula is C21H24N2O4. The number of hydrogen-bond donors (Lipinski definition) is 2. The number of nitrogens with one attached hydrogen (secondary N) is 2. The number of anilines is 1. The maximum Gasteiger partial charge on any atom is 0.338 e. The summed E-state index contributed by atoms with van der Waals surface area (Å²) in [5.74, 6) is -1.25. The minimum absolute atomic E-state index is 0.196. The van der Waals surface area contributed by atoms with Gasteiger partial charge in [-0.15, -0.1) is 0 Å². The van der Waals surface area contributed by atoms with Gasteiger partial charge in [-0.3, -0.25) is 9.59 Å². The Labute approximate surface area is 158 Å². The van der Waals surface area contributed by atoms with Crippen molar-refractivity contribution >= 4 is 23.5 Å². The Hall–Kier alpha value is -3.15. The van der Waals surface area contributed by atoms with E-state index in [0.29, 0.717) is 5.69 Å². The summed E-state index contributed by atoms with van der Waals surface area (Å²) in [5.41, 5.74) is 4.08. The first-order valence-corrected chi connectivity index (χ1v) is 8.67. The van der Waals surface area contributed by atoms with E-state index in [2.05, 4.69) is 10.6 Å². The van der Waals surface area contributed by atoms with Gasteiger partial charge in [-0.1, -0.05) is 24.3 Å². The first-order valence-electron chi connectivity index (χ1n) is 8.67. The molecule has 0 unspecified atom stereocenters. The molecule has 0 bridgehead atoms. The molecule has 0 heterocycles. The van der Waals surface area contributed by atoms with Crippen LogP contribution in [0, 0.1) is 13.8 Å². The normalized spacial score (nSPS) is 11.4. The highest BCUT2D eigenvalue weighted by molar-refractivity contribution is 5.94. The number of ether oxygens (including phenoxy) is 1. The van der Waals surface area contributed by atoms with Crippen molar-refractivity contribution in [3.63, 3.8) is 0 Å². The summed E-state index contributed by atoms with van der Waals surface area (Å²) in [5, 5.41) is 5.41. The zero-order valence-electron chi connectivity index (χ0n) is 16.0. The molecule has 0 aromatic heterocycles. The van der Waals surface area contributed by atoms with Crippen molar-refractivity contribution in [2.45, 2.75) is 33.7 Å². The van der Waals surface area contributed by atoms with Crippen molar-refractivity contribution in [2.75, 3.05) is 11.9 Å². The fraction of sp³-hybridized carbons (Fsp3) is 0.286. The molecule has 0 spiro atoms. The van der Waals surface area contributed by atoms with Crippen LogP contribution < -0.4 is 10.6 Å². The summed E-state index contributed by atoms with van der Waals surface area (Å²) in [6.45, 7) is 6.93. The van der Waals surface area contributed by atoms with Crippen LogP contribution in [0.2, 0.25) is 0 Å². The van der Waals surface area contributed by atoms with Crippen LogP contribution in [-0.2, 0) is 14.3 Å². The lowest BCUT2D eigenvalue weighted by Gasteiger charge is -2.16. The summed E-state index contributed by atoms with van der Waals surface area (Å²) in [6, 6.07) is 12.2. The fourth-order valence-corrected chi connectivity index (χ4v) is 2.54. The third-order valence-electron chi connectivity index (χ3n) is 4.16. The molecule has 2 N–H and O–H groups in total. The number of aryl methyl sites for hydroxylation is 2. The van der Waals surface area contributed by atoms with Gasteiger partial charge in [0.2, 0.25) is 5.91 Å². The number of amides is 2. The van der Waals surface area contributed by atoms with Crippen LogP contribution in [0.1, 0.15) is 46.9 Å². The third kappa shape index (κ3) is 5.95. The minimum Gasteiger partial charge on any atom is -0.452 e. The van der Waals surface area contributed by atoms with Crippen LogP contribution in [0.5, 0.6) is 0 Å². The van der Waals surface area contributed by atoms with Crippen molar-refractivity contribution in [3.05, 3.63) is 64.7 Å². The second-order valence-corrected chi connectivity index (χ2v) is 6.47. The van der Waals surface area contributed by atoms with E-state index in [4.69, 9.17) is 4.74 Å². The number of benzene rings is 2. The van der Waals surface area contributed by atoms with E-state index < -0.39 is 5.97 Å². The summed E-state index contributed by atoms with van der Waals surface area (Å²) in [6.07, 6.45) is 0. The van der Waals surface area contributed by atoms with Gasteiger partial charge in [0, 0.05) is 12.6 Å². The summed E-state index contributed by atoms with van der Waals surface area (Å²) in [4.78, 5) is 35.3. The molecule has 2 amide bonds. The average molecular weight is 368 g/mol. The molecule has 0 fully saturated rings. The second kappa shape index (κ2) is 8.98. The van der Waals surface area contributed by atoms with E-state index in [-0.39, 0.29) is 30.0 Å². The highest BCUT2D eigenvalue weighted by Crippen LogP contribution is 2.17. The Balaban J connectivity index is 1.90. The van der Waals surface area contributed by atoms with E-state index in [0.717, 1.165) is 11.1 Å². The molecule has 2 aromatic rings. The molecular weight excluding hydrogens is 344 g/mol. The van der Waals surface area contributed by atoms with Crippen LogP contribution in [0.15, 0.2) is 42.5 Å². The van der Waals surface area contributed by atoms with Crippen LogP contribution in [0.4, 0.5) is 5.69 Å². The standard InChI is InChI=1S/C21H24N2O4/c1-13-8-9-17(10-14(13)2)15(3)22-20(25)12-27-21(26)18-6-5-7-19(11-18)23-16(4)24/h5-11,15H,12H2,1-4H3,(H,22,25)(H,23,24)/t15-/m1/s1. The van der Waals surface area contributed by atoms with Gasteiger partial charge in [-0.2, -0.15) is 0 Å². The summed E-state index contributed by atoms with van der Waals surface area (Å²) >= 11 is 0. The van der Waals surface area contributed by atoms with E-state index in [1.54, 1.807) is 18.2 Å². The van der Waals surface area contributed by atoms with E-state index >= 15 is 0 Å². The number of esters is 1. The molecule has 0 aliphatic carbocycles. The molecule has 6 nitrogen and oxygen atoms in total. The van der Waals surface area contributed by atoms with Gasteiger partial charge in [0.1, 0.15) is 0 Å². The van der Waals surface area contributed by atoms with Gasteiger partial charge in [0.15, 0.2) is 6.61 Å². The average Bonchev–Trinajstić information content (AvgIpc) is 2.61. The Bertz CT molecular complexity index is 861. The van der Waals surface area contributed by atoms with Gasteiger partial charge in [0.25, 0.3) is 5.91 Å². The monoisotopic (exact) mass is 368 g/mol. The molecule has 2 aromatic carbocycles. The smallest absolute Gasteiger partial charge is 0.338 e. The largest absolute Gasteiger partial charge is 0.452 e. The first-order chi connectivity index (χ1) is 12.8. The number of carbonyl (C=O) groups excluding carboxylic acids is 3. The highest BCUT2D eigenvalue weighted by atomic mass is 16.5. The number of hydrogen-bond acceptors (Lipinski definition) is 4. The molecule has 6 heteroatoms. The lowest BCUT2D eigenvalue weighted by molar-refractivity contribution is -0.124. The third-order valence-corrected chi connectivity index (χ3v) is 4.16. The van der Waals surface area contributed by atoms with Crippen molar-refractivity contribution in [2.24, 2.45) is 0 Å². The summed E-state index contributed by atoms with van der Waals surface area (Å²) in [7, 11) is 0. The SMILES string of the molecule is CC(=O)Nc1cccc(C(=O)OCC(=O)N[C@H](C)c2ccc(C)c(C)c2)c1. The Morgan fingerprint density at radius 2 is 1.78 bits per heavy atom. The molecule has 142 valence electrons. The van der Waals surface area contributed by atoms with Crippen molar-refractivity contribution in [3.8, 4) is 0 Å². The molecule has 1 atom stereocenters. The highest BCUT2D eigenvalue weighted by Gasteiger charge is 2.14. The molecule has 0 aliphatic rings. The Morgan fingerprint density at radius 3 is 2.44 bits per heavy atom. The molecule has 2 rings (SSSR count). The number of carbonyl (C=O) groups is 3. The van der Waals surface area contributed by atoms with Crippen molar-refractivity contribution < 1.29 is 19.1 Å². The zero-order chi connectivity index (χ0) is 20.0.